The van der Waals surface area contributed by atoms with Crippen molar-refractivity contribution in [2.75, 3.05) is 12.9 Å². The van der Waals surface area contributed by atoms with Crippen LogP contribution in [0.25, 0.3) is 0 Å². The highest BCUT2D eigenvalue weighted by Gasteiger charge is 2.54. The number of esters is 1. The highest BCUT2D eigenvalue weighted by molar-refractivity contribution is 8.00. The molecule has 1 aromatic heterocycles. The van der Waals surface area contributed by atoms with Crippen molar-refractivity contribution in [2.24, 2.45) is 4.99 Å². The number of hydrogen-bond acceptors (Lipinski definition) is 7. The molecule has 1 saturated heterocycles. The number of aromatic hydroxyl groups is 1. The van der Waals surface area contributed by atoms with Crippen LogP contribution in [0.3, 0.4) is 0 Å². The highest BCUT2D eigenvalue weighted by Crippen LogP contribution is 2.42. The number of phenolic OH excluding ortho intramolecular Hbond substituents is 1. The number of nitrogens with zero attached hydrogens (tertiary/aromatic N) is 3. The molecule has 2 aromatic carbocycles. The van der Waals surface area contributed by atoms with Gasteiger partial charge < -0.3 is 14.6 Å². The van der Waals surface area contributed by atoms with E-state index in [0.29, 0.717) is 23.6 Å². The smallest absolute Gasteiger partial charge is 0.355 e. The van der Waals surface area contributed by atoms with Gasteiger partial charge in [0, 0.05) is 35.2 Å². The molecule has 9 heteroatoms. The fourth-order valence-electron chi connectivity index (χ4n) is 4.23. The van der Waals surface area contributed by atoms with Crippen molar-refractivity contribution < 1.29 is 28.7 Å². The fraction of sp³-hybridized carbons (Fsp3) is 0.214. The molecular formula is C28H26N3O5S+. The lowest BCUT2D eigenvalue weighted by Crippen LogP contribution is -2.64. The van der Waals surface area contributed by atoms with Crippen LogP contribution in [0.2, 0.25) is 0 Å². The molecule has 8 nitrogen and oxygen atoms in total. The Kier molecular flexibility index (Phi) is 7.23. The molecule has 0 unspecified atom stereocenters. The number of thioether (sulfide) groups is 1. The van der Waals surface area contributed by atoms with Crippen molar-refractivity contribution >= 4 is 29.9 Å². The molecule has 0 spiro atoms. The number of hydrogen-bond donors (Lipinski definition) is 1. The lowest BCUT2D eigenvalue weighted by Gasteiger charge is -2.47. The average molecular weight is 517 g/mol. The van der Waals surface area contributed by atoms with E-state index in [4.69, 9.17) is 9.47 Å². The molecule has 2 aliphatic heterocycles. The number of β-lactam (4-membered cyclic amide) rings is 1. The van der Waals surface area contributed by atoms with Crippen molar-refractivity contribution in [1.82, 2.24) is 4.90 Å². The minimum Gasteiger partial charge on any atom is -0.507 e. The molecule has 1 N–H and O–H groups in total. The van der Waals surface area contributed by atoms with Gasteiger partial charge in [0.2, 0.25) is 0 Å². The molecule has 3 heterocycles. The van der Waals surface area contributed by atoms with E-state index in [1.807, 2.05) is 47.3 Å². The molecule has 1 fully saturated rings. The average Bonchev–Trinajstić information content (AvgIpc) is 2.93. The summed E-state index contributed by atoms with van der Waals surface area (Å²) >= 11 is 1.57. The monoisotopic (exact) mass is 516 g/mol. The molecule has 5 rings (SSSR count). The standard InChI is InChI=1S/C28H25N3O5S/c1-35-22-11-9-19(10-12-22)17-36-28(34)25-21(16-30-13-5-2-6-14-30)18-37-27-24(26(33)31(25)27)29-15-20-7-3-4-8-23(20)32/h2-15,24,27H,16-18H2,1H3/p+1/t24-,27-/m1/s1. The van der Waals surface area contributed by atoms with E-state index in [1.54, 1.807) is 55.3 Å². The van der Waals surface area contributed by atoms with Crippen LogP contribution >= 0.6 is 11.8 Å². The van der Waals surface area contributed by atoms with Crippen LogP contribution in [0, 0.1) is 0 Å². The van der Waals surface area contributed by atoms with Gasteiger partial charge in [-0.1, -0.05) is 30.3 Å². The van der Waals surface area contributed by atoms with E-state index >= 15 is 0 Å². The van der Waals surface area contributed by atoms with Gasteiger partial charge in [0.1, 0.15) is 29.2 Å². The van der Waals surface area contributed by atoms with Gasteiger partial charge in [-0.3, -0.25) is 14.7 Å². The Labute approximate surface area is 218 Å². The SMILES string of the molecule is COc1ccc(COC(=O)C2=C(C[n+]3ccccc3)CS[C@@H]3[C@H](/N=C\c4ccccc4O)C(=O)N23)cc1. The van der Waals surface area contributed by atoms with E-state index in [-0.39, 0.29) is 29.3 Å². The van der Waals surface area contributed by atoms with Crippen LogP contribution in [-0.2, 0) is 27.5 Å². The first-order valence-corrected chi connectivity index (χ1v) is 12.8. The van der Waals surface area contributed by atoms with Crippen LogP contribution in [0.15, 0.2) is 95.4 Å². The Morgan fingerprint density at radius 1 is 1.14 bits per heavy atom. The van der Waals surface area contributed by atoms with Crippen LogP contribution < -0.4 is 9.30 Å². The van der Waals surface area contributed by atoms with Gasteiger partial charge in [-0.15, -0.1) is 11.8 Å². The van der Waals surface area contributed by atoms with E-state index in [0.717, 1.165) is 11.1 Å². The zero-order valence-corrected chi connectivity index (χ0v) is 21.0. The summed E-state index contributed by atoms with van der Waals surface area (Å²) in [5, 5.41) is 9.70. The summed E-state index contributed by atoms with van der Waals surface area (Å²) in [4.78, 5) is 32.6. The lowest BCUT2D eigenvalue weighted by molar-refractivity contribution is -0.689. The maximum Gasteiger partial charge on any atom is 0.355 e. The van der Waals surface area contributed by atoms with Gasteiger partial charge in [0.25, 0.3) is 5.91 Å². The molecular weight excluding hydrogens is 490 g/mol. The Hall–Kier alpha value is -4.11. The molecule has 0 radical (unpaired) electrons. The Bertz CT molecular complexity index is 1360. The summed E-state index contributed by atoms with van der Waals surface area (Å²) in [5.74, 6) is 0.566. The second-order valence-electron chi connectivity index (χ2n) is 8.62. The maximum atomic E-state index is 13.4. The number of phenols is 1. The largest absolute Gasteiger partial charge is 0.507 e. The van der Waals surface area contributed by atoms with E-state index in [2.05, 4.69) is 4.99 Å². The summed E-state index contributed by atoms with van der Waals surface area (Å²) < 4.78 is 12.8. The predicted molar refractivity (Wildman–Crippen MR) is 139 cm³/mol. The van der Waals surface area contributed by atoms with Gasteiger partial charge in [-0.05, 0) is 29.8 Å². The van der Waals surface area contributed by atoms with E-state index < -0.39 is 12.0 Å². The summed E-state index contributed by atoms with van der Waals surface area (Å²) in [7, 11) is 1.59. The number of benzene rings is 2. The number of carbonyl (C=O) groups excluding carboxylic acids is 2. The van der Waals surface area contributed by atoms with Crippen molar-refractivity contribution in [2.45, 2.75) is 24.6 Å². The Morgan fingerprint density at radius 2 is 1.89 bits per heavy atom. The molecule has 3 aromatic rings. The van der Waals surface area contributed by atoms with Crippen LogP contribution in [0.4, 0.5) is 0 Å². The van der Waals surface area contributed by atoms with Gasteiger partial charge in [0.05, 0.1) is 7.11 Å². The highest BCUT2D eigenvalue weighted by atomic mass is 32.2. The summed E-state index contributed by atoms with van der Waals surface area (Å²) in [6, 6.07) is 19.2. The van der Waals surface area contributed by atoms with Crippen molar-refractivity contribution in [3.05, 3.63) is 102 Å². The van der Waals surface area contributed by atoms with Gasteiger partial charge in [-0.25, -0.2) is 9.36 Å². The second kappa shape index (κ2) is 10.9. The molecule has 37 heavy (non-hydrogen) atoms. The van der Waals surface area contributed by atoms with Crippen molar-refractivity contribution in [3.8, 4) is 11.5 Å². The van der Waals surface area contributed by atoms with Crippen molar-refractivity contribution in [3.63, 3.8) is 0 Å². The number of methoxy groups -OCH3 is 1. The van der Waals surface area contributed by atoms with Crippen molar-refractivity contribution in [1.29, 1.82) is 0 Å². The molecule has 0 saturated carbocycles. The summed E-state index contributed by atoms with van der Waals surface area (Å²) in [6.07, 6.45) is 5.35. The second-order valence-corrected chi connectivity index (χ2v) is 9.72. The molecule has 2 atom stereocenters. The topological polar surface area (TPSA) is 92.3 Å². The molecule has 1 amide bonds. The number of para-hydroxylation sites is 1. The number of rotatable bonds is 8. The molecule has 188 valence electrons. The Balaban J connectivity index is 1.38. The molecule has 2 aliphatic rings. The first-order valence-electron chi connectivity index (χ1n) is 11.8. The van der Waals surface area contributed by atoms with E-state index in [9.17, 15) is 14.7 Å². The third-order valence-electron chi connectivity index (χ3n) is 6.20. The van der Waals surface area contributed by atoms with Crippen LogP contribution in [-0.4, -0.2) is 52.4 Å². The minimum atomic E-state index is -0.639. The fourth-order valence-corrected chi connectivity index (χ4v) is 5.56. The predicted octanol–water partition coefficient (Wildman–Crippen LogP) is 3.09. The van der Waals surface area contributed by atoms with E-state index in [1.165, 1.54) is 11.1 Å². The lowest BCUT2D eigenvalue weighted by atomic mass is 10.0. The van der Waals surface area contributed by atoms with Crippen LogP contribution in [0.5, 0.6) is 11.5 Å². The Morgan fingerprint density at radius 3 is 2.62 bits per heavy atom. The number of pyridine rings is 1. The van der Waals surface area contributed by atoms with Crippen LogP contribution in [0.1, 0.15) is 11.1 Å². The zero-order valence-electron chi connectivity index (χ0n) is 20.2. The number of aromatic nitrogens is 1. The summed E-state index contributed by atoms with van der Waals surface area (Å²) in [5.41, 5.74) is 2.45. The zero-order chi connectivity index (χ0) is 25.8. The van der Waals surface area contributed by atoms with Gasteiger partial charge in [0.15, 0.2) is 25.0 Å². The number of fused-ring (bicyclic) bond motifs is 1. The van der Waals surface area contributed by atoms with Gasteiger partial charge >= 0.3 is 5.97 Å². The summed E-state index contributed by atoms with van der Waals surface area (Å²) in [6.45, 7) is 0.538. The number of ether oxygens (including phenoxy) is 2. The number of amides is 1. The normalized spacial score (nSPS) is 18.9. The quantitative estimate of drug-likeness (QED) is 0.214. The third kappa shape index (κ3) is 5.22. The maximum absolute atomic E-state index is 13.4. The number of carbonyl (C=O) groups is 2. The first-order chi connectivity index (χ1) is 18.0. The molecule has 0 bridgehead atoms. The molecule has 0 aliphatic carbocycles. The number of aliphatic imine (C=N–C) groups is 1. The van der Waals surface area contributed by atoms with Gasteiger partial charge in [-0.2, -0.15) is 0 Å². The minimum absolute atomic E-state index is 0.0762. The first kappa shape index (κ1) is 24.6. The third-order valence-corrected chi connectivity index (χ3v) is 7.53.